The molecular weight excluding hydrogens is 526 g/mol. The molecule has 9 rings (SSSR count). The molecule has 0 bridgehead atoms. The molecule has 0 saturated carbocycles. The minimum atomic E-state index is 0.632. The Hall–Kier alpha value is -5.87. The fourth-order valence-corrected chi connectivity index (χ4v) is 6.07. The molecule has 0 aliphatic rings. The van der Waals surface area contributed by atoms with Gasteiger partial charge in [0.15, 0.2) is 17.5 Å². The second kappa shape index (κ2) is 9.33. The van der Waals surface area contributed by atoms with Crippen molar-refractivity contribution >= 4 is 54.3 Å². The molecule has 2 aromatic heterocycles. The molecule has 0 aliphatic heterocycles. The summed E-state index contributed by atoms with van der Waals surface area (Å²) < 4.78 is 6.29. The predicted octanol–water partition coefficient (Wildman–Crippen LogP) is 10.2. The van der Waals surface area contributed by atoms with Crippen LogP contribution < -0.4 is 0 Å². The average molecular weight is 550 g/mol. The van der Waals surface area contributed by atoms with E-state index in [0.29, 0.717) is 17.5 Å². The van der Waals surface area contributed by atoms with Crippen molar-refractivity contribution in [3.8, 4) is 34.2 Å². The third-order valence-electron chi connectivity index (χ3n) is 8.27. The van der Waals surface area contributed by atoms with E-state index in [1.54, 1.807) is 0 Å². The zero-order valence-electron chi connectivity index (χ0n) is 23.0. The summed E-state index contributed by atoms with van der Waals surface area (Å²) in [5.41, 5.74) is 4.62. The number of benzene rings is 7. The van der Waals surface area contributed by atoms with Gasteiger partial charge in [0.25, 0.3) is 0 Å². The summed E-state index contributed by atoms with van der Waals surface area (Å²) in [4.78, 5) is 15.1. The summed E-state index contributed by atoms with van der Waals surface area (Å²) in [6.07, 6.45) is 0. The van der Waals surface area contributed by atoms with Crippen LogP contribution in [-0.4, -0.2) is 15.0 Å². The summed E-state index contributed by atoms with van der Waals surface area (Å²) in [6, 6.07) is 48.2. The van der Waals surface area contributed by atoms with Gasteiger partial charge in [-0.3, -0.25) is 0 Å². The number of para-hydroxylation sites is 1. The Balaban J connectivity index is 1.24. The van der Waals surface area contributed by atoms with Crippen LogP contribution in [0.4, 0.5) is 0 Å². The molecule has 0 radical (unpaired) electrons. The highest BCUT2D eigenvalue weighted by Crippen LogP contribution is 2.36. The molecule has 2 heterocycles. The number of rotatable bonds is 3. The van der Waals surface area contributed by atoms with Crippen molar-refractivity contribution in [3.05, 3.63) is 140 Å². The van der Waals surface area contributed by atoms with Gasteiger partial charge in [0, 0.05) is 32.8 Å². The minimum Gasteiger partial charge on any atom is -0.455 e. The number of fused-ring (bicyclic) bond motifs is 7. The normalized spacial score (nSPS) is 11.7. The molecule has 4 heteroatoms. The van der Waals surface area contributed by atoms with Crippen molar-refractivity contribution in [2.24, 2.45) is 0 Å². The molecule has 4 nitrogen and oxygen atoms in total. The zero-order valence-corrected chi connectivity index (χ0v) is 23.0. The lowest BCUT2D eigenvalue weighted by Crippen LogP contribution is -2.00. The highest BCUT2D eigenvalue weighted by atomic mass is 16.3. The van der Waals surface area contributed by atoms with E-state index in [9.17, 15) is 0 Å². The molecule has 0 fully saturated rings. The third-order valence-corrected chi connectivity index (χ3v) is 8.27. The topological polar surface area (TPSA) is 51.8 Å². The van der Waals surface area contributed by atoms with Crippen LogP contribution in [0.3, 0.4) is 0 Å². The Morgan fingerprint density at radius 2 is 0.814 bits per heavy atom. The summed E-state index contributed by atoms with van der Waals surface area (Å²) in [5.74, 6) is 1.92. The Morgan fingerprint density at radius 1 is 0.349 bits per heavy atom. The average Bonchev–Trinajstić information content (AvgIpc) is 3.46. The first-order valence-corrected chi connectivity index (χ1v) is 14.4. The first-order chi connectivity index (χ1) is 21.3. The van der Waals surface area contributed by atoms with Crippen LogP contribution >= 0.6 is 0 Å². The summed E-state index contributed by atoms with van der Waals surface area (Å²) in [5, 5.41) is 9.04. The van der Waals surface area contributed by atoms with E-state index in [1.807, 2.05) is 18.2 Å². The monoisotopic (exact) mass is 549 g/mol. The van der Waals surface area contributed by atoms with Gasteiger partial charge < -0.3 is 4.42 Å². The van der Waals surface area contributed by atoms with Gasteiger partial charge >= 0.3 is 0 Å². The van der Waals surface area contributed by atoms with Crippen molar-refractivity contribution in [3.63, 3.8) is 0 Å². The second-order valence-corrected chi connectivity index (χ2v) is 10.9. The lowest BCUT2D eigenvalue weighted by Gasteiger charge is -2.10. The van der Waals surface area contributed by atoms with Gasteiger partial charge in [-0.15, -0.1) is 0 Å². The molecule has 0 atom stereocenters. The second-order valence-electron chi connectivity index (χ2n) is 10.9. The Kier molecular flexibility index (Phi) is 5.16. The quantitative estimate of drug-likeness (QED) is 0.220. The zero-order chi connectivity index (χ0) is 28.3. The lowest BCUT2D eigenvalue weighted by molar-refractivity contribution is 0.672. The van der Waals surface area contributed by atoms with Gasteiger partial charge in [0.05, 0.1) is 0 Å². The molecule has 0 saturated heterocycles. The van der Waals surface area contributed by atoms with E-state index in [0.717, 1.165) is 60.2 Å². The molecule has 0 unspecified atom stereocenters. The van der Waals surface area contributed by atoms with E-state index < -0.39 is 0 Å². The van der Waals surface area contributed by atoms with Gasteiger partial charge in [-0.2, -0.15) is 0 Å². The molecule has 43 heavy (non-hydrogen) atoms. The SMILES string of the molecule is c1ccc2cc(-c3nc(-c4ccc5ccccc5c4)nc(-c4ccc5c(ccc6c7ccccc7oc56)c4)n3)ccc2c1. The van der Waals surface area contributed by atoms with Crippen LogP contribution in [0.1, 0.15) is 0 Å². The molecule has 0 spiro atoms. The Bertz CT molecular complexity index is 2430. The highest BCUT2D eigenvalue weighted by molar-refractivity contribution is 6.15. The van der Waals surface area contributed by atoms with E-state index in [2.05, 4.69) is 121 Å². The number of hydrogen-bond acceptors (Lipinski definition) is 4. The third kappa shape index (κ3) is 3.96. The van der Waals surface area contributed by atoms with Crippen molar-refractivity contribution in [1.82, 2.24) is 15.0 Å². The molecule has 0 aliphatic carbocycles. The van der Waals surface area contributed by atoms with E-state index >= 15 is 0 Å². The summed E-state index contributed by atoms with van der Waals surface area (Å²) in [7, 11) is 0. The maximum absolute atomic E-state index is 6.29. The van der Waals surface area contributed by atoms with Crippen LogP contribution in [0.5, 0.6) is 0 Å². The van der Waals surface area contributed by atoms with Crippen LogP contribution in [0.15, 0.2) is 144 Å². The molecular formula is C39H23N3O. The molecule has 9 aromatic rings. The standard InChI is InChI=1S/C39H23N3O/c1-3-9-26-21-29(15-13-24(26)7-1)37-40-38(30-16-14-25-8-2-4-10-27(25)22-30)42-39(41-37)31-18-19-32-28(23-31)17-20-34-33-11-5-6-12-35(33)43-36(32)34/h1-23H. The van der Waals surface area contributed by atoms with Crippen LogP contribution in [0, 0.1) is 0 Å². The maximum atomic E-state index is 6.29. The Morgan fingerprint density at radius 3 is 1.44 bits per heavy atom. The summed E-state index contributed by atoms with van der Waals surface area (Å²) in [6.45, 7) is 0. The molecule has 0 amide bonds. The van der Waals surface area contributed by atoms with E-state index in [-0.39, 0.29) is 0 Å². The van der Waals surface area contributed by atoms with Gasteiger partial charge in [-0.05, 0) is 63.3 Å². The minimum absolute atomic E-state index is 0.632. The fraction of sp³-hybridized carbons (Fsp3) is 0. The highest BCUT2D eigenvalue weighted by Gasteiger charge is 2.15. The molecule has 200 valence electrons. The van der Waals surface area contributed by atoms with Crippen molar-refractivity contribution in [2.75, 3.05) is 0 Å². The number of hydrogen-bond donors (Lipinski definition) is 0. The van der Waals surface area contributed by atoms with Crippen molar-refractivity contribution in [1.29, 1.82) is 0 Å². The van der Waals surface area contributed by atoms with Gasteiger partial charge in [-0.25, -0.2) is 15.0 Å². The largest absolute Gasteiger partial charge is 0.455 e. The first kappa shape index (κ1) is 23.8. The number of aromatic nitrogens is 3. The number of nitrogens with zero attached hydrogens (tertiary/aromatic N) is 3. The van der Waals surface area contributed by atoms with Gasteiger partial charge in [0.2, 0.25) is 0 Å². The molecule has 0 N–H and O–H groups in total. The van der Waals surface area contributed by atoms with E-state index in [1.165, 1.54) is 10.8 Å². The smallest absolute Gasteiger partial charge is 0.164 e. The first-order valence-electron chi connectivity index (χ1n) is 14.4. The van der Waals surface area contributed by atoms with Crippen LogP contribution in [0.2, 0.25) is 0 Å². The maximum Gasteiger partial charge on any atom is 0.164 e. The van der Waals surface area contributed by atoms with Crippen molar-refractivity contribution < 1.29 is 4.42 Å². The predicted molar refractivity (Wildman–Crippen MR) is 176 cm³/mol. The fourth-order valence-electron chi connectivity index (χ4n) is 6.07. The lowest BCUT2D eigenvalue weighted by atomic mass is 10.0. The number of furan rings is 1. The van der Waals surface area contributed by atoms with Crippen LogP contribution in [0.25, 0.3) is 88.4 Å². The van der Waals surface area contributed by atoms with E-state index in [4.69, 9.17) is 19.4 Å². The van der Waals surface area contributed by atoms with Crippen molar-refractivity contribution in [2.45, 2.75) is 0 Å². The van der Waals surface area contributed by atoms with Gasteiger partial charge in [-0.1, -0.05) is 103 Å². The summed E-state index contributed by atoms with van der Waals surface area (Å²) >= 11 is 0. The van der Waals surface area contributed by atoms with Crippen LogP contribution in [-0.2, 0) is 0 Å². The Labute approximate surface area is 246 Å². The molecule has 7 aromatic carbocycles. The van der Waals surface area contributed by atoms with Gasteiger partial charge in [0.1, 0.15) is 11.2 Å².